The molecular weight excluding hydrogens is 530 g/mol. The van der Waals surface area contributed by atoms with Crippen molar-refractivity contribution in [1.82, 2.24) is 9.80 Å². The predicted octanol–water partition coefficient (Wildman–Crippen LogP) is 1.33. The van der Waals surface area contributed by atoms with Gasteiger partial charge in [-0.2, -0.15) is 0 Å². The molecule has 2 aromatic carbocycles. The quantitative estimate of drug-likeness (QED) is 0.334. The Hall–Kier alpha value is -3.93. The molecule has 1 heterocycles. The first-order chi connectivity index (χ1) is 19.4. The standard InChI is InChI=1S/C30H33N3O8/c1-32(2)22-18-11-14-10-17-20(24(35)19(14)27(37)30(18,40)28(38)21(25(22)36)29(31)39)23(34)16-9-13(12-33-7-4-8-33)5-6-15(16)26(17)41-3/h5-6,9,14,18,22,34-35,38,40H,4,7-8,10-12H2,1-3H3,(H2,31,39)/t14-,18-,22-,30-/m0/s1. The molecular formula is C30H33N3O8. The van der Waals surface area contributed by atoms with Crippen LogP contribution >= 0.6 is 0 Å². The first kappa shape index (κ1) is 27.3. The Balaban J connectivity index is 1.55. The van der Waals surface area contributed by atoms with Crippen LogP contribution in [0.4, 0.5) is 0 Å². The number of primary amides is 1. The Kier molecular flexibility index (Phi) is 6.18. The second-order valence-electron chi connectivity index (χ2n) is 11.7. The van der Waals surface area contributed by atoms with E-state index >= 15 is 0 Å². The number of fused-ring (bicyclic) bond motifs is 4. The molecule has 4 aliphatic rings. The summed E-state index contributed by atoms with van der Waals surface area (Å²) in [6.45, 7) is 2.70. The molecule has 0 unspecified atom stereocenters. The number of hydrogen-bond donors (Lipinski definition) is 5. The van der Waals surface area contributed by atoms with Crippen molar-refractivity contribution in [1.29, 1.82) is 0 Å². The number of Topliss-reactive ketones (excluding diaryl/α,β-unsaturated/α-hetero) is 2. The fraction of sp³-hybridized carbons (Fsp3) is 0.433. The molecule has 4 atom stereocenters. The maximum atomic E-state index is 14.1. The average molecular weight is 564 g/mol. The summed E-state index contributed by atoms with van der Waals surface area (Å²) in [5.41, 5.74) is 3.18. The zero-order valence-electron chi connectivity index (χ0n) is 23.1. The van der Waals surface area contributed by atoms with E-state index in [1.807, 2.05) is 18.2 Å². The molecule has 0 bridgehead atoms. The minimum absolute atomic E-state index is 0.0164. The molecule has 1 amide bonds. The van der Waals surface area contributed by atoms with Crippen molar-refractivity contribution in [3.63, 3.8) is 0 Å². The van der Waals surface area contributed by atoms with Gasteiger partial charge in [-0.05, 0) is 64.0 Å². The molecule has 11 nitrogen and oxygen atoms in total. The largest absolute Gasteiger partial charge is 0.508 e. The van der Waals surface area contributed by atoms with Gasteiger partial charge in [-0.15, -0.1) is 0 Å². The second kappa shape index (κ2) is 9.30. The summed E-state index contributed by atoms with van der Waals surface area (Å²) in [7, 11) is 4.63. The molecule has 2 fully saturated rings. The van der Waals surface area contributed by atoms with E-state index in [2.05, 4.69) is 4.90 Å². The Labute approximate surface area is 236 Å². The van der Waals surface area contributed by atoms with Crippen LogP contribution in [0.3, 0.4) is 0 Å². The number of phenolic OH excluding ortho intramolecular Hbond substituents is 1. The molecule has 0 spiro atoms. The summed E-state index contributed by atoms with van der Waals surface area (Å²) in [6.07, 6.45) is 1.32. The molecule has 2 aromatic rings. The van der Waals surface area contributed by atoms with E-state index in [1.54, 1.807) is 14.1 Å². The van der Waals surface area contributed by atoms with Crippen molar-refractivity contribution in [2.45, 2.75) is 37.5 Å². The van der Waals surface area contributed by atoms with Crippen LogP contribution in [0.5, 0.6) is 11.5 Å². The SMILES string of the molecule is COc1c2c(c(O)c3cc(CN4CCC4)ccc13)C(O)=C1C(=O)[C@]3(O)C(O)=C(C(N)=O)C(=O)[C@@H](N(C)C)[C@@H]3C[C@@H]1C2. The van der Waals surface area contributed by atoms with E-state index < -0.39 is 58.0 Å². The van der Waals surface area contributed by atoms with Crippen LogP contribution in [-0.4, -0.2) is 93.6 Å². The summed E-state index contributed by atoms with van der Waals surface area (Å²) < 4.78 is 5.80. The highest BCUT2D eigenvalue weighted by atomic mass is 16.5. The molecule has 6 rings (SSSR count). The number of methoxy groups -OCH3 is 1. The number of aliphatic hydroxyl groups is 3. The lowest BCUT2D eigenvalue weighted by Crippen LogP contribution is -2.65. The van der Waals surface area contributed by atoms with Crippen LogP contribution in [0.15, 0.2) is 35.1 Å². The van der Waals surface area contributed by atoms with Gasteiger partial charge < -0.3 is 30.9 Å². The van der Waals surface area contributed by atoms with Gasteiger partial charge in [0, 0.05) is 34.4 Å². The van der Waals surface area contributed by atoms with E-state index in [9.17, 15) is 34.8 Å². The highest BCUT2D eigenvalue weighted by molar-refractivity contribution is 6.24. The number of ether oxygens (including phenoxy) is 1. The number of nitrogens with two attached hydrogens (primary N) is 1. The van der Waals surface area contributed by atoms with Gasteiger partial charge in [-0.1, -0.05) is 12.1 Å². The van der Waals surface area contributed by atoms with Gasteiger partial charge in [-0.25, -0.2) is 0 Å². The first-order valence-corrected chi connectivity index (χ1v) is 13.6. The maximum absolute atomic E-state index is 14.1. The number of likely N-dealkylation sites (tertiary alicyclic amines) is 1. The Morgan fingerprint density at radius 3 is 2.46 bits per heavy atom. The lowest BCUT2D eigenvalue weighted by Gasteiger charge is -2.50. The predicted molar refractivity (Wildman–Crippen MR) is 148 cm³/mol. The molecule has 11 heteroatoms. The number of likely N-dealkylation sites (N-methyl/N-ethyl adjacent to an activating group) is 1. The Morgan fingerprint density at radius 1 is 1.17 bits per heavy atom. The topological polar surface area (TPSA) is 174 Å². The number of ketones is 2. The number of rotatable bonds is 5. The number of carbonyl (C=O) groups is 3. The van der Waals surface area contributed by atoms with Gasteiger partial charge in [0.1, 0.15) is 28.6 Å². The zero-order valence-corrected chi connectivity index (χ0v) is 23.1. The van der Waals surface area contributed by atoms with E-state index in [1.165, 1.54) is 12.0 Å². The van der Waals surface area contributed by atoms with Gasteiger partial charge in [0.15, 0.2) is 11.4 Å². The second-order valence-corrected chi connectivity index (χ2v) is 11.7. The lowest BCUT2D eigenvalue weighted by atomic mass is 9.57. The van der Waals surface area contributed by atoms with Gasteiger partial charge in [0.05, 0.1) is 18.7 Å². The van der Waals surface area contributed by atoms with Crippen LogP contribution in [0.1, 0.15) is 29.5 Å². The normalized spacial score (nSPS) is 28.0. The minimum Gasteiger partial charge on any atom is -0.508 e. The number of nitrogens with zero attached hydrogens (tertiary/aromatic N) is 2. The van der Waals surface area contributed by atoms with Crippen LogP contribution in [0.25, 0.3) is 16.5 Å². The number of aromatic hydroxyl groups is 1. The highest BCUT2D eigenvalue weighted by Crippen LogP contribution is 2.55. The van der Waals surface area contributed by atoms with Gasteiger partial charge in [-0.3, -0.25) is 24.2 Å². The smallest absolute Gasteiger partial charge is 0.255 e. The van der Waals surface area contributed by atoms with Crippen molar-refractivity contribution in [3.8, 4) is 11.5 Å². The third-order valence-electron chi connectivity index (χ3n) is 9.27. The summed E-state index contributed by atoms with van der Waals surface area (Å²) >= 11 is 0. The van der Waals surface area contributed by atoms with E-state index in [4.69, 9.17) is 10.5 Å². The molecule has 0 aromatic heterocycles. The average Bonchev–Trinajstić information content (AvgIpc) is 2.88. The fourth-order valence-corrected chi connectivity index (χ4v) is 7.25. The van der Waals surface area contributed by atoms with Crippen molar-refractivity contribution in [2.24, 2.45) is 17.6 Å². The van der Waals surface area contributed by atoms with Crippen molar-refractivity contribution in [3.05, 3.63) is 51.8 Å². The van der Waals surface area contributed by atoms with Crippen molar-refractivity contribution < 1.29 is 39.5 Å². The van der Waals surface area contributed by atoms with Crippen molar-refractivity contribution >= 4 is 34.0 Å². The third kappa shape index (κ3) is 3.65. The van der Waals surface area contributed by atoms with E-state index in [0.29, 0.717) is 28.6 Å². The Morgan fingerprint density at radius 2 is 1.88 bits per heavy atom. The van der Waals surface area contributed by atoms with E-state index in [-0.39, 0.29) is 29.7 Å². The summed E-state index contributed by atoms with van der Waals surface area (Å²) in [5.74, 6) is -6.32. The summed E-state index contributed by atoms with van der Waals surface area (Å²) in [4.78, 5) is 43.2. The number of phenols is 1. The number of hydrogen-bond acceptors (Lipinski definition) is 10. The highest BCUT2D eigenvalue weighted by Gasteiger charge is 2.64. The molecule has 3 aliphatic carbocycles. The minimum atomic E-state index is -2.68. The number of carbonyl (C=O) groups excluding carboxylic acids is 3. The van der Waals surface area contributed by atoms with Crippen LogP contribution in [-0.2, 0) is 27.3 Å². The lowest BCUT2D eigenvalue weighted by molar-refractivity contribution is -0.153. The van der Waals surface area contributed by atoms with Crippen LogP contribution in [0, 0.1) is 11.8 Å². The number of amides is 1. The van der Waals surface area contributed by atoms with Crippen molar-refractivity contribution in [2.75, 3.05) is 34.3 Å². The van der Waals surface area contributed by atoms with Gasteiger partial charge in [0.2, 0.25) is 5.78 Å². The fourth-order valence-electron chi connectivity index (χ4n) is 7.25. The van der Waals surface area contributed by atoms with E-state index in [0.717, 1.165) is 25.1 Å². The molecule has 6 N–H and O–H groups in total. The zero-order chi connectivity index (χ0) is 29.5. The molecule has 1 aliphatic heterocycles. The molecule has 1 saturated heterocycles. The van der Waals surface area contributed by atoms with Crippen LogP contribution in [0.2, 0.25) is 0 Å². The molecule has 0 radical (unpaired) electrons. The maximum Gasteiger partial charge on any atom is 0.255 e. The molecule has 1 saturated carbocycles. The van der Waals surface area contributed by atoms with Gasteiger partial charge >= 0.3 is 0 Å². The van der Waals surface area contributed by atoms with Crippen LogP contribution < -0.4 is 10.5 Å². The van der Waals surface area contributed by atoms with Gasteiger partial charge in [0.25, 0.3) is 5.91 Å². The molecule has 41 heavy (non-hydrogen) atoms. The number of benzene rings is 2. The monoisotopic (exact) mass is 563 g/mol. The summed E-state index contributed by atoms with van der Waals surface area (Å²) in [6, 6.07) is 4.55. The third-order valence-corrected chi connectivity index (χ3v) is 9.27. The Bertz CT molecular complexity index is 1600. The summed E-state index contributed by atoms with van der Waals surface area (Å²) in [5, 5.41) is 47.0. The first-order valence-electron chi connectivity index (χ1n) is 13.6. The number of aliphatic hydroxyl groups excluding tert-OH is 2. The molecule has 216 valence electrons.